The second-order valence-electron chi connectivity index (χ2n) is 5.49. The normalized spacial score (nSPS) is 51.7. The van der Waals surface area contributed by atoms with E-state index in [0.717, 1.165) is 0 Å². The van der Waals surface area contributed by atoms with Gasteiger partial charge in [0.05, 0.1) is 13.2 Å². The highest BCUT2D eigenvalue weighted by molar-refractivity contribution is 14.1. The van der Waals surface area contributed by atoms with Crippen molar-refractivity contribution in [3.63, 3.8) is 0 Å². The predicted octanol–water partition coefficient (Wildman–Crippen LogP) is -3.95. The summed E-state index contributed by atoms with van der Waals surface area (Å²) in [6, 6.07) is 0. The van der Waals surface area contributed by atoms with E-state index in [9.17, 15) is 30.6 Å². The molecule has 10 nitrogen and oxygen atoms in total. The van der Waals surface area contributed by atoms with E-state index in [1.165, 1.54) is 0 Å². The maximum Gasteiger partial charge on any atom is 0.187 e. The Labute approximate surface area is 145 Å². The molecule has 2 aliphatic rings. The molecule has 0 aliphatic carbocycles. The SMILES string of the molecule is OC[C@H]1O[C@@H](O[C@H]2[C@H](O)[C@@H](O)[C@H](I)O[C@@H]2CO)[C@H](O)[C@@H](O)[C@H]1O. The fourth-order valence-electron chi connectivity index (χ4n) is 2.54. The molecular weight excluding hydrogens is 431 g/mol. The first-order chi connectivity index (χ1) is 10.8. The third kappa shape index (κ3) is 3.95. The standard InChI is InChI=1S/C12H21IO10/c13-11-8(19)7(18)10(4(2-15)21-11)23-12-9(20)6(17)5(16)3(1-14)22-12/h3-12,14-20H,1-2H2/t3-,4-,5+,6+,7-,8-,9-,10-,11-,12+/m1/s1. The number of hydrogen-bond acceptors (Lipinski definition) is 10. The van der Waals surface area contributed by atoms with Crippen LogP contribution in [0, 0.1) is 0 Å². The molecule has 23 heavy (non-hydrogen) atoms. The first-order valence-corrected chi connectivity index (χ1v) is 8.28. The molecule has 0 unspecified atom stereocenters. The molecule has 2 aliphatic heterocycles. The van der Waals surface area contributed by atoms with Crippen LogP contribution in [0.5, 0.6) is 0 Å². The number of rotatable bonds is 4. The average Bonchev–Trinajstić information content (AvgIpc) is 2.55. The van der Waals surface area contributed by atoms with Gasteiger partial charge in [-0.15, -0.1) is 0 Å². The lowest BCUT2D eigenvalue weighted by Gasteiger charge is -2.45. The molecule has 2 heterocycles. The van der Waals surface area contributed by atoms with Crippen molar-refractivity contribution in [3.8, 4) is 0 Å². The Balaban J connectivity index is 2.11. The van der Waals surface area contributed by atoms with E-state index in [1.807, 2.05) is 0 Å². The Kier molecular flexibility index (Phi) is 6.95. The number of alkyl halides is 1. The largest absolute Gasteiger partial charge is 0.394 e. The van der Waals surface area contributed by atoms with Crippen molar-refractivity contribution in [1.29, 1.82) is 0 Å². The Morgan fingerprint density at radius 2 is 1.35 bits per heavy atom. The van der Waals surface area contributed by atoms with Crippen LogP contribution in [0.2, 0.25) is 0 Å². The maximum atomic E-state index is 10.1. The molecular formula is C12H21IO10. The third-order valence-electron chi connectivity index (χ3n) is 3.95. The van der Waals surface area contributed by atoms with Gasteiger partial charge in [-0.25, -0.2) is 0 Å². The van der Waals surface area contributed by atoms with E-state index < -0.39 is 72.4 Å². The first kappa shape index (κ1) is 19.7. The highest BCUT2D eigenvalue weighted by atomic mass is 127. The zero-order chi connectivity index (χ0) is 17.3. The van der Waals surface area contributed by atoms with Gasteiger partial charge in [-0.1, -0.05) is 0 Å². The van der Waals surface area contributed by atoms with E-state index >= 15 is 0 Å². The summed E-state index contributed by atoms with van der Waals surface area (Å²) in [5.41, 5.74) is 0. The number of aliphatic hydroxyl groups excluding tert-OH is 7. The van der Waals surface area contributed by atoms with Crippen molar-refractivity contribution < 1.29 is 50.0 Å². The van der Waals surface area contributed by atoms with Gasteiger partial charge in [-0.2, -0.15) is 0 Å². The monoisotopic (exact) mass is 452 g/mol. The Morgan fingerprint density at radius 3 is 1.91 bits per heavy atom. The van der Waals surface area contributed by atoms with Gasteiger partial charge in [0, 0.05) is 0 Å². The van der Waals surface area contributed by atoms with E-state index in [0.29, 0.717) is 0 Å². The molecule has 0 amide bonds. The lowest BCUT2D eigenvalue weighted by molar-refractivity contribution is -0.337. The predicted molar refractivity (Wildman–Crippen MR) is 80.4 cm³/mol. The molecule has 0 aromatic heterocycles. The minimum Gasteiger partial charge on any atom is -0.394 e. The maximum absolute atomic E-state index is 10.1. The van der Waals surface area contributed by atoms with Crippen LogP contribution in [0.1, 0.15) is 0 Å². The van der Waals surface area contributed by atoms with Gasteiger partial charge in [-0.3, -0.25) is 0 Å². The van der Waals surface area contributed by atoms with Crippen LogP contribution in [0.4, 0.5) is 0 Å². The molecule has 0 aromatic rings. The molecule has 11 heteroatoms. The molecule has 0 aromatic carbocycles. The van der Waals surface area contributed by atoms with Crippen LogP contribution in [0.3, 0.4) is 0 Å². The molecule has 10 atom stereocenters. The van der Waals surface area contributed by atoms with Crippen LogP contribution < -0.4 is 0 Å². The zero-order valence-electron chi connectivity index (χ0n) is 11.9. The number of ether oxygens (including phenoxy) is 3. The summed E-state index contributed by atoms with van der Waals surface area (Å²) in [6.45, 7) is -1.15. The van der Waals surface area contributed by atoms with Gasteiger partial charge in [-0.05, 0) is 22.6 Å². The smallest absolute Gasteiger partial charge is 0.187 e. The van der Waals surface area contributed by atoms with Gasteiger partial charge >= 0.3 is 0 Å². The Morgan fingerprint density at radius 1 is 0.739 bits per heavy atom. The lowest BCUT2D eigenvalue weighted by atomic mass is 9.97. The average molecular weight is 452 g/mol. The summed E-state index contributed by atoms with van der Waals surface area (Å²) in [5.74, 6) is 0. The minimum atomic E-state index is -1.66. The Hall–Kier alpha value is 0.330. The quantitative estimate of drug-likeness (QED) is 0.165. The van der Waals surface area contributed by atoms with Crippen LogP contribution in [-0.4, -0.2) is 108 Å². The molecule has 136 valence electrons. The van der Waals surface area contributed by atoms with Crippen LogP contribution in [-0.2, 0) is 14.2 Å². The van der Waals surface area contributed by atoms with Gasteiger partial charge in [0.15, 0.2) is 6.29 Å². The fraction of sp³-hybridized carbons (Fsp3) is 1.00. The minimum absolute atomic E-state index is 0.522. The first-order valence-electron chi connectivity index (χ1n) is 7.04. The fourth-order valence-corrected chi connectivity index (χ4v) is 3.35. The van der Waals surface area contributed by atoms with Gasteiger partial charge < -0.3 is 50.0 Å². The van der Waals surface area contributed by atoms with E-state index in [1.54, 1.807) is 22.6 Å². The molecule has 0 saturated carbocycles. The van der Waals surface area contributed by atoms with Gasteiger partial charge in [0.25, 0.3) is 0 Å². The molecule has 0 bridgehead atoms. The molecule has 0 spiro atoms. The topological polar surface area (TPSA) is 169 Å². The highest BCUT2D eigenvalue weighted by Crippen LogP contribution is 2.30. The van der Waals surface area contributed by atoms with Crippen molar-refractivity contribution in [1.82, 2.24) is 0 Å². The number of halogens is 1. The van der Waals surface area contributed by atoms with Crippen molar-refractivity contribution >= 4 is 22.6 Å². The summed E-state index contributed by atoms with van der Waals surface area (Å²) in [5, 5.41) is 67.7. The molecule has 7 N–H and O–H groups in total. The van der Waals surface area contributed by atoms with Crippen molar-refractivity contribution in [3.05, 3.63) is 0 Å². The van der Waals surface area contributed by atoms with Crippen LogP contribution in [0.25, 0.3) is 0 Å². The van der Waals surface area contributed by atoms with Crippen molar-refractivity contribution in [2.24, 2.45) is 0 Å². The number of aliphatic hydroxyl groups is 7. The van der Waals surface area contributed by atoms with Gasteiger partial charge in [0.2, 0.25) is 0 Å². The lowest BCUT2D eigenvalue weighted by Crippen LogP contribution is -2.63. The third-order valence-corrected chi connectivity index (χ3v) is 4.98. The second-order valence-corrected chi connectivity index (χ2v) is 6.72. The molecule has 2 rings (SSSR count). The summed E-state index contributed by atoms with van der Waals surface area (Å²) in [7, 11) is 0. The second kappa shape index (κ2) is 8.14. The van der Waals surface area contributed by atoms with Gasteiger partial charge in [0.1, 0.15) is 52.9 Å². The van der Waals surface area contributed by atoms with E-state index in [2.05, 4.69) is 0 Å². The molecule has 2 saturated heterocycles. The molecule has 2 fully saturated rings. The summed E-state index contributed by atoms with van der Waals surface area (Å²) in [4.78, 5) is 0. The van der Waals surface area contributed by atoms with Crippen molar-refractivity contribution in [2.75, 3.05) is 13.2 Å². The zero-order valence-corrected chi connectivity index (χ0v) is 14.1. The van der Waals surface area contributed by atoms with Crippen LogP contribution in [0.15, 0.2) is 0 Å². The number of hydrogen-bond donors (Lipinski definition) is 7. The highest BCUT2D eigenvalue weighted by Gasteiger charge is 2.49. The molecule has 0 radical (unpaired) electrons. The van der Waals surface area contributed by atoms with E-state index in [-0.39, 0.29) is 0 Å². The summed E-state index contributed by atoms with van der Waals surface area (Å²) >= 11 is 1.75. The van der Waals surface area contributed by atoms with Crippen LogP contribution >= 0.6 is 22.6 Å². The summed E-state index contributed by atoms with van der Waals surface area (Å²) < 4.78 is 15.1. The summed E-state index contributed by atoms with van der Waals surface area (Å²) in [6.07, 6.45) is -12.5. The van der Waals surface area contributed by atoms with Crippen molar-refractivity contribution in [2.45, 2.75) is 59.2 Å². The Bertz CT molecular complexity index is 383. The van der Waals surface area contributed by atoms with E-state index in [4.69, 9.17) is 19.3 Å².